The molecule has 0 spiro atoms. The molecule has 162 valence electrons. The van der Waals surface area contributed by atoms with Crippen LogP contribution in [0, 0.1) is 11.7 Å². The van der Waals surface area contributed by atoms with Crippen LogP contribution in [-0.4, -0.2) is 66.4 Å². The summed E-state index contributed by atoms with van der Waals surface area (Å²) in [5, 5.41) is 0. The molecule has 0 aromatic heterocycles. The summed E-state index contributed by atoms with van der Waals surface area (Å²) in [5.74, 6) is 0.218. The fourth-order valence-corrected chi connectivity index (χ4v) is 4.31. The van der Waals surface area contributed by atoms with Crippen LogP contribution in [0.4, 0.5) is 4.39 Å². The minimum atomic E-state index is -0.196. The first kappa shape index (κ1) is 22.2. The summed E-state index contributed by atoms with van der Waals surface area (Å²) in [6, 6.07) is 6.76. The van der Waals surface area contributed by atoms with Crippen LogP contribution in [0.15, 0.2) is 60.8 Å². The van der Waals surface area contributed by atoms with Gasteiger partial charge in [0, 0.05) is 45.2 Å². The van der Waals surface area contributed by atoms with Crippen molar-refractivity contribution in [2.75, 3.05) is 45.8 Å². The van der Waals surface area contributed by atoms with E-state index in [0.717, 1.165) is 76.3 Å². The first-order chi connectivity index (χ1) is 14.6. The molecule has 0 unspecified atom stereocenters. The third-order valence-electron chi connectivity index (χ3n) is 5.96. The zero-order chi connectivity index (χ0) is 21.3. The number of carbonyl (C=O) groups is 1. The third kappa shape index (κ3) is 6.28. The van der Waals surface area contributed by atoms with Crippen molar-refractivity contribution in [2.24, 2.45) is 11.7 Å². The molecule has 0 saturated carbocycles. The van der Waals surface area contributed by atoms with Gasteiger partial charge >= 0.3 is 0 Å². The van der Waals surface area contributed by atoms with Gasteiger partial charge < -0.3 is 10.6 Å². The van der Waals surface area contributed by atoms with Crippen LogP contribution < -0.4 is 5.73 Å². The van der Waals surface area contributed by atoms with Crippen molar-refractivity contribution in [1.82, 2.24) is 14.7 Å². The van der Waals surface area contributed by atoms with Gasteiger partial charge in [0.15, 0.2) is 0 Å². The molecule has 0 radical (unpaired) electrons. The number of amides is 1. The number of nitrogens with two attached hydrogens (primary N) is 1. The number of benzene rings is 1. The highest BCUT2D eigenvalue weighted by atomic mass is 19.1. The van der Waals surface area contributed by atoms with E-state index < -0.39 is 0 Å². The molecule has 1 amide bonds. The van der Waals surface area contributed by atoms with Crippen LogP contribution in [0.25, 0.3) is 0 Å². The molecule has 2 aliphatic rings. The Hall–Kier alpha value is -2.44. The van der Waals surface area contributed by atoms with E-state index in [1.165, 1.54) is 6.07 Å². The monoisotopic (exact) mass is 412 g/mol. The van der Waals surface area contributed by atoms with Gasteiger partial charge in [0.05, 0.1) is 0 Å². The molecule has 2 fully saturated rings. The van der Waals surface area contributed by atoms with E-state index >= 15 is 0 Å². The molecular formula is C24H33FN4O. The van der Waals surface area contributed by atoms with E-state index in [4.69, 9.17) is 5.73 Å². The van der Waals surface area contributed by atoms with Crippen LogP contribution in [0.3, 0.4) is 0 Å². The molecule has 1 aromatic carbocycles. The lowest BCUT2D eigenvalue weighted by Crippen LogP contribution is -2.51. The van der Waals surface area contributed by atoms with Crippen molar-refractivity contribution in [3.8, 4) is 0 Å². The van der Waals surface area contributed by atoms with E-state index in [1.807, 2.05) is 23.1 Å². The summed E-state index contributed by atoms with van der Waals surface area (Å²) in [6.45, 7) is 10.3. The Kier molecular flexibility index (Phi) is 8.22. The molecule has 3 rings (SSSR count). The van der Waals surface area contributed by atoms with Gasteiger partial charge in [0.1, 0.15) is 5.82 Å². The third-order valence-corrected chi connectivity index (χ3v) is 5.96. The molecule has 2 heterocycles. The lowest BCUT2D eigenvalue weighted by atomic mass is 9.94. The van der Waals surface area contributed by atoms with Gasteiger partial charge in [0.2, 0.25) is 5.91 Å². The average molecular weight is 413 g/mol. The summed E-state index contributed by atoms with van der Waals surface area (Å²) in [5.41, 5.74) is 7.64. The Morgan fingerprint density at radius 3 is 2.50 bits per heavy atom. The summed E-state index contributed by atoms with van der Waals surface area (Å²) >= 11 is 0. The molecule has 30 heavy (non-hydrogen) atoms. The topological polar surface area (TPSA) is 52.8 Å². The quantitative estimate of drug-likeness (QED) is 0.700. The van der Waals surface area contributed by atoms with Crippen LogP contribution in [0.1, 0.15) is 18.4 Å². The number of nitrogens with zero attached hydrogens (tertiary/aromatic N) is 3. The summed E-state index contributed by atoms with van der Waals surface area (Å²) < 4.78 is 13.4. The van der Waals surface area contributed by atoms with E-state index in [-0.39, 0.29) is 11.7 Å². The highest BCUT2D eigenvalue weighted by molar-refractivity contribution is 5.79. The molecule has 2 aliphatic heterocycles. The first-order valence-corrected chi connectivity index (χ1v) is 10.8. The number of carbonyl (C=O) groups excluding carboxylic acids is 1. The Bertz CT molecular complexity index is 775. The van der Waals surface area contributed by atoms with Gasteiger partial charge in [0.25, 0.3) is 0 Å². The zero-order valence-electron chi connectivity index (χ0n) is 17.7. The number of hydrogen-bond acceptors (Lipinski definition) is 4. The molecule has 2 saturated heterocycles. The number of hydrogen-bond donors (Lipinski definition) is 1. The second kappa shape index (κ2) is 11.1. The van der Waals surface area contributed by atoms with E-state index in [9.17, 15) is 9.18 Å². The normalized spacial score (nSPS) is 20.0. The maximum atomic E-state index is 13.4. The lowest BCUT2D eigenvalue weighted by molar-refractivity contribution is -0.138. The second-order valence-electron chi connectivity index (χ2n) is 8.12. The average Bonchev–Trinajstić information content (AvgIpc) is 2.75. The second-order valence-corrected chi connectivity index (χ2v) is 8.12. The predicted octanol–water partition coefficient (Wildman–Crippen LogP) is 2.77. The Morgan fingerprint density at radius 2 is 1.87 bits per heavy atom. The molecule has 5 nitrogen and oxygen atoms in total. The van der Waals surface area contributed by atoms with Gasteiger partial charge in [-0.3, -0.25) is 14.6 Å². The number of halogens is 1. The van der Waals surface area contributed by atoms with Crippen molar-refractivity contribution >= 4 is 5.91 Å². The summed E-state index contributed by atoms with van der Waals surface area (Å²) in [6.07, 6.45) is 9.01. The van der Waals surface area contributed by atoms with Crippen molar-refractivity contribution in [3.63, 3.8) is 0 Å². The zero-order valence-corrected chi connectivity index (χ0v) is 17.7. The fourth-order valence-electron chi connectivity index (χ4n) is 4.31. The number of piperazine rings is 1. The predicted molar refractivity (Wildman–Crippen MR) is 119 cm³/mol. The molecule has 0 bridgehead atoms. The van der Waals surface area contributed by atoms with Crippen LogP contribution in [0.2, 0.25) is 0 Å². The van der Waals surface area contributed by atoms with Gasteiger partial charge in [-0.25, -0.2) is 4.39 Å². The highest BCUT2D eigenvalue weighted by Gasteiger charge is 2.30. The molecule has 1 aromatic rings. The first-order valence-electron chi connectivity index (χ1n) is 10.8. The molecule has 0 atom stereocenters. The van der Waals surface area contributed by atoms with E-state index in [2.05, 4.69) is 16.4 Å². The van der Waals surface area contributed by atoms with Gasteiger partial charge in [-0.2, -0.15) is 0 Å². The van der Waals surface area contributed by atoms with Crippen molar-refractivity contribution in [3.05, 3.63) is 72.2 Å². The van der Waals surface area contributed by atoms with E-state index in [1.54, 1.807) is 24.4 Å². The van der Waals surface area contributed by atoms with Gasteiger partial charge in [-0.05, 0) is 61.5 Å². The standard InChI is InChI=1S/C24H33FN4O/c1-2-4-20(7-10-26)18-27-11-8-22(9-12-27)24(30)29-15-13-28(14-16-29)19-21-5-3-6-23(25)17-21/h2-7,10,17,22H,1,8-9,11-16,18-19,26H2/b10-7-,20-4+. The number of likely N-dealkylation sites (tertiary alicyclic amines) is 1. The summed E-state index contributed by atoms with van der Waals surface area (Å²) in [7, 11) is 0. The lowest BCUT2D eigenvalue weighted by Gasteiger charge is -2.38. The van der Waals surface area contributed by atoms with Crippen LogP contribution in [0.5, 0.6) is 0 Å². The maximum Gasteiger partial charge on any atom is 0.225 e. The van der Waals surface area contributed by atoms with E-state index in [0.29, 0.717) is 5.91 Å². The molecule has 6 heteroatoms. The number of allylic oxidation sites excluding steroid dienone is 2. The van der Waals surface area contributed by atoms with Crippen LogP contribution >= 0.6 is 0 Å². The minimum absolute atomic E-state index is 0.118. The van der Waals surface area contributed by atoms with Gasteiger partial charge in [-0.15, -0.1) is 0 Å². The Labute approximate surface area is 179 Å². The minimum Gasteiger partial charge on any atom is -0.405 e. The van der Waals surface area contributed by atoms with Crippen molar-refractivity contribution in [1.29, 1.82) is 0 Å². The SMILES string of the molecule is C=C/C=C(\C=C/N)CN1CCC(C(=O)N2CCN(Cc3cccc(F)c3)CC2)CC1. The maximum absolute atomic E-state index is 13.4. The van der Waals surface area contributed by atoms with Crippen molar-refractivity contribution < 1.29 is 9.18 Å². The molecular weight excluding hydrogens is 379 g/mol. The summed E-state index contributed by atoms with van der Waals surface area (Å²) in [4.78, 5) is 19.7. The molecule has 0 aliphatic carbocycles. The van der Waals surface area contributed by atoms with Crippen molar-refractivity contribution in [2.45, 2.75) is 19.4 Å². The number of rotatable bonds is 7. The fraction of sp³-hybridized carbons (Fsp3) is 0.458. The van der Waals surface area contributed by atoms with Gasteiger partial charge in [-0.1, -0.05) is 30.9 Å². The Morgan fingerprint density at radius 1 is 1.13 bits per heavy atom. The Balaban J connectivity index is 1.42. The smallest absolute Gasteiger partial charge is 0.225 e. The van der Waals surface area contributed by atoms with Crippen LogP contribution in [-0.2, 0) is 11.3 Å². The largest absolute Gasteiger partial charge is 0.405 e. The number of piperidine rings is 1. The highest BCUT2D eigenvalue weighted by Crippen LogP contribution is 2.22. The molecule has 2 N–H and O–H groups in total.